The number of nitrogens with zero attached hydrogens (tertiary/aromatic N) is 1. The van der Waals surface area contributed by atoms with Gasteiger partial charge in [-0.3, -0.25) is 4.84 Å². The lowest BCUT2D eigenvalue weighted by Gasteiger charge is -2.29. The van der Waals surface area contributed by atoms with E-state index in [1.807, 2.05) is 0 Å². The first-order chi connectivity index (χ1) is 8.32. The molecule has 88 valence electrons. The van der Waals surface area contributed by atoms with Crippen molar-refractivity contribution in [3.05, 3.63) is 35.4 Å². The normalized spacial score (nSPS) is 40.4. The molecular weight excluding hydrogens is 210 g/mol. The Kier molecular flexibility index (Phi) is 1.39. The Balaban J connectivity index is 1.56. The smallest absolute Gasteiger partial charge is 0.0982 e. The highest BCUT2D eigenvalue weighted by molar-refractivity contribution is 5.36. The minimum absolute atomic E-state index is 0.259. The molecule has 0 aromatic heterocycles. The fraction of sp³-hybridized carbons (Fsp3) is 0.600. The summed E-state index contributed by atoms with van der Waals surface area (Å²) in [7, 11) is 0. The molecular formula is C15H17NO. The molecule has 2 nitrogen and oxygen atoms in total. The molecule has 4 aliphatic rings. The summed E-state index contributed by atoms with van der Waals surface area (Å²) in [5.74, 6) is 0. The molecule has 0 N–H and O–H groups in total. The highest BCUT2D eigenvalue weighted by Gasteiger charge is 2.78. The van der Waals surface area contributed by atoms with Crippen LogP contribution in [0.25, 0.3) is 0 Å². The molecule has 0 bridgehead atoms. The van der Waals surface area contributed by atoms with Crippen LogP contribution in [-0.2, 0) is 11.3 Å². The van der Waals surface area contributed by atoms with Gasteiger partial charge in [-0.1, -0.05) is 24.3 Å². The van der Waals surface area contributed by atoms with E-state index in [2.05, 4.69) is 29.3 Å². The second kappa shape index (κ2) is 2.60. The largest absolute Gasteiger partial charge is 0.291 e. The van der Waals surface area contributed by atoms with Crippen molar-refractivity contribution in [1.82, 2.24) is 5.06 Å². The molecule has 1 aromatic rings. The number of hydrogen-bond donors (Lipinski definition) is 0. The van der Waals surface area contributed by atoms with E-state index in [4.69, 9.17) is 4.84 Å². The Labute approximate surface area is 102 Å². The van der Waals surface area contributed by atoms with Crippen LogP contribution < -0.4 is 0 Å². The SMILES string of the molecule is c1ccc2c(c1)CCN1OC3(CC21)CC31CC1. The molecule has 2 spiro atoms. The molecule has 1 saturated heterocycles. The van der Waals surface area contributed by atoms with Crippen molar-refractivity contribution in [2.45, 2.75) is 43.7 Å². The van der Waals surface area contributed by atoms with Gasteiger partial charge in [-0.05, 0) is 36.8 Å². The molecule has 2 heteroatoms. The Morgan fingerprint density at radius 2 is 2.12 bits per heavy atom. The fourth-order valence-corrected chi connectivity index (χ4v) is 4.23. The zero-order valence-electron chi connectivity index (χ0n) is 9.98. The number of benzene rings is 1. The average molecular weight is 227 g/mol. The standard InChI is InChI=1S/C15H17NO/c1-2-4-12-11(3-1)5-8-16-13(12)9-15(17-16)10-14(15)6-7-14/h1-4,13H,5-10H2. The third-order valence-electron chi connectivity index (χ3n) is 5.50. The Hall–Kier alpha value is -0.860. The second-order valence-electron chi connectivity index (χ2n) is 6.35. The van der Waals surface area contributed by atoms with Gasteiger partial charge in [0.25, 0.3) is 0 Å². The van der Waals surface area contributed by atoms with E-state index in [0.29, 0.717) is 11.5 Å². The highest BCUT2D eigenvalue weighted by Crippen LogP contribution is 2.79. The summed E-state index contributed by atoms with van der Waals surface area (Å²) in [5, 5.41) is 2.29. The zero-order chi connectivity index (χ0) is 11.1. The van der Waals surface area contributed by atoms with Crippen molar-refractivity contribution in [2.24, 2.45) is 5.41 Å². The van der Waals surface area contributed by atoms with Crippen LogP contribution >= 0.6 is 0 Å². The molecule has 1 aromatic carbocycles. The van der Waals surface area contributed by atoms with E-state index in [9.17, 15) is 0 Å². The van der Waals surface area contributed by atoms with Crippen LogP contribution in [0.4, 0.5) is 0 Å². The highest BCUT2D eigenvalue weighted by atomic mass is 16.7. The summed E-state index contributed by atoms with van der Waals surface area (Å²) in [6, 6.07) is 9.47. The number of hydrogen-bond acceptors (Lipinski definition) is 2. The maximum atomic E-state index is 6.33. The summed E-state index contributed by atoms with van der Waals surface area (Å²) < 4.78 is 0. The average Bonchev–Trinajstić information content (AvgIpc) is 3.19. The van der Waals surface area contributed by atoms with Gasteiger partial charge in [0.15, 0.2) is 0 Å². The van der Waals surface area contributed by atoms with Crippen LogP contribution in [0.5, 0.6) is 0 Å². The molecule has 2 aliphatic carbocycles. The first kappa shape index (κ1) is 9.12. The van der Waals surface area contributed by atoms with Crippen LogP contribution in [0.15, 0.2) is 24.3 Å². The number of hydroxylamine groups is 2. The van der Waals surface area contributed by atoms with Gasteiger partial charge < -0.3 is 0 Å². The van der Waals surface area contributed by atoms with Gasteiger partial charge in [-0.15, -0.1) is 0 Å². The van der Waals surface area contributed by atoms with Gasteiger partial charge in [0.1, 0.15) is 0 Å². The van der Waals surface area contributed by atoms with Gasteiger partial charge in [0.2, 0.25) is 0 Å². The lowest BCUT2D eigenvalue weighted by atomic mass is 9.91. The molecule has 0 amide bonds. The van der Waals surface area contributed by atoms with Crippen LogP contribution in [-0.4, -0.2) is 17.2 Å². The summed E-state index contributed by atoms with van der Waals surface area (Å²) in [6.07, 6.45) is 6.54. The van der Waals surface area contributed by atoms with Crippen molar-refractivity contribution in [2.75, 3.05) is 6.54 Å². The molecule has 0 radical (unpaired) electrons. The summed E-state index contributed by atoms with van der Waals surface area (Å²) in [4.78, 5) is 6.33. The van der Waals surface area contributed by atoms with Crippen molar-refractivity contribution >= 4 is 0 Å². The first-order valence-corrected chi connectivity index (χ1v) is 6.86. The second-order valence-corrected chi connectivity index (χ2v) is 6.35. The van der Waals surface area contributed by atoms with E-state index in [0.717, 1.165) is 13.0 Å². The van der Waals surface area contributed by atoms with Crippen molar-refractivity contribution in [1.29, 1.82) is 0 Å². The first-order valence-electron chi connectivity index (χ1n) is 6.86. The van der Waals surface area contributed by atoms with Crippen molar-refractivity contribution in [3.63, 3.8) is 0 Å². The summed E-state index contributed by atoms with van der Waals surface area (Å²) in [5.41, 5.74) is 3.95. The maximum absolute atomic E-state index is 6.33. The molecule has 3 fully saturated rings. The van der Waals surface area contributed by atoms with Gasteiger partial charge in [0.05, 0.1) is 11.6 Å². The van der Waals surface area contributed by atoms with Crippen molar-refractivity contribution < 1.29 is 4.84 Å². The number of fused-ring (bicyclic) bond motifs is 4. The van der Waals surface area contributed by atoms with Gasteiger partial charge in [-0.25, -0.2) is 0 Å². The Bertz CT molecular complexity index is 507. The van der Waals surface area contributed by atoms with E-state index in [1.165, 1.54) is 31.2 Å². The minimum atomic E-state index is 0.259. The van der Waals surface area contributed by atoms with Crippen LogP contribution in [0.1, 0.15) is 42.9 Å². The summed E-state index contributed by atoms with van der Waals surface area (Å²) in [6.45, 7) is 1.08. The maximum Gasteiger partial charge on any atom is 0.0982 e. The monoisotopic (exact) mass is 227 g/mol. The minimum Gasteiger partial charge on any atom is -0.291 e. The molecule has 2 aliphatic heterocycles. The van der Waals surface area contributed by atoms with E-state index >= 15 is 0 Å². The third-order valence-corrected chi connectivity index (χ3v) is 5.50. The molecule has 5 rings (SSSR count). The van der Waals surface area contributed by atoms with Crippen molar-refractivity contribution in [3.8, 4) is 0 Å². The van der Waals surface area contributed by atoms with Gasteiger partial charge >= 0.3 is 0 Å². The Morgan fingerprint density at radius 3 is 2.94 bits per heavy atom. The molecule has 17 heavy (non-hydrogen) atoms. The summed E-state index contributed by atoms with van der Waals surface area (Å²) >= 11 is 0. The van der Waals surface area contributed by atoms with E-state index in [-0.39, 0.29) is 5.60 Å². The zero-order valence-corrected chi connectivity index (χ0v) is 9.98. The topological polar surface area (TPSA) is 12.5 Å². The predicted molar refractivity (Wildman–Crippen MR) is 64.3 cm³/mol. The van der Waals surface area contributed by atoms with Crippen LogP contribution in [0.2, 0.25) is 0 Å². The van der Waals surface area contributed by atoms with Gasteiger partial charge in [-0.2, -0.15) is 5.06 Å². The predicted octanol–water partition coefficient (Wildman–Crippen LogP) is 2.84. The van der Waals surface area contributed by atoms with Gasteiger partial charge in [0, 0.05) is 18.4 Å². The quantitative estimate of drug-likeness (QED) is 0.675. The molecule has 2 atom stereocenters. The lowest BCUT2D eigenvalue weighted by molar-refractivity contribution is -0.181. The third kappa shape index (κ3) is 1.000. The fourth-order valence-electron chi connectivity index (χ4n) is 4.23. The molecule has 2 unspecified atom stereocenters. The molecule has 2 heterocycles. The van der Waals surface area contributed by atoms with Crippen LogP contribution in [0, 0.1) is 5.41 Å². The van der Waals surface area contributed by atoms with E-state index in [1.54, 1.807) is 5.56 Å². The lowest BCUT2D eigenvalue weighted by Crippen LogP contribution is -2.30. The molecule has 2 saturated carbocycles. The Morgan fingerprint density at radius 1 is 1.24 bits per heavy atom. The van der Waals surface area contributed by atoms with E-state index < -0.39 is 0 Å². The number of rotatable bonds is 0. The van der Waals surface area contributed by atoms with Crippen LogP contribution in [0.3, 0.4) is 0 Å².